The highest BCUT2D eigenvalue weighted by Gasteiger charge is 2.27. The first-order chi connectivity index (χ1) is 14.1. The maximum absolute atomic E-state index is 12.4. The number of aromatic nitrogens is 2. The zero-order valence-corrected chi connectivity index (χ0v) is 18.8. The number of carbonyl (C=O) groups is 1. The van der Waals surface area contributed by atoms with Gasteiger partial charge in [0.2, 0.25) is 0 Å². The number of nitrogens with zero attached hydrogens (tertiary/aromatic N) is 4. The number of hydrogen-bond donors (Lipinski definition) is 1. The second kappa shape index (κ2) is 8.86. The number of amides is 2. The van der Waals surface area contributed by atoms with Crippen LogP contribution in [0.2, 0.25) is 0 Å². The average Bonchev–Trinajstić information content (AvgIpc) is 3.12. The molecule has 0 atom stereocenters. The monoisotopic (exact) mass is 415 g/mol. The van der Waals surface area contributed by atoms with E-state index < -0.39 is 0 Å². The van der Waals surface area contributed by atoms with Gasteiger partial charge in [-0.05, 0) is 37.7 Å². The number of thiophene rings is 1. The van der Waals surface area contributed by atoms with Gasteiger partial charge in [-0.25, -0.2) is 14.8 Å². The molecule has 3 heterocycles. The second-order valence-electron chi connectivity index (χ2n) is 8.51. The van der Waals surface area contributed by atoms with E-state index in [2.05, 4.69) is 31.0 Å². The Morgan fingerprint density at radius 3 is 2.62 bits per heavy atom. The van der Waals surface area contributed by atoms with Crippen molar-refractivity contribution in [1.82, 2.24) is 20.2 Å². The first-order valence-electron chi connectivity index (χ1n) is 11.2. The molecule has 2 aromatic heterocycles. The van der Waals surface area contributed by atoms with Crippen molar-refractivity contribution in [2.75, 3.05) is 37.6 Å². The van der Waals surface area contributed by atoms with Crippen LogP contribution in [0.25, 0.3) is 10.2 Å². The molecule has 2 aliphatic rings. The minimum atomic E-state index is 0.0710. The number of carbonyl (C=O) groups excluding carboxylic acids is 1. The first-order valence-corrected chi connectivity index (χ1v) is 12.0. The van der Waals surface area contributed by atoms with Gasteiger partial charge in [0.05, 0.1) is 5.39 Å². The predicted molar refractivity (Wildman–Crippen MR) is 120 cm³/mol. The average molecular weight is 416 g/mol. The van der Waals surface area contributed by atoms with Gasteiger partial charge in [0.15, 0.2) is 0 Å². The Morgan fingerprint density at radius 2 is 1.90 bits per heavy atom. The van der Waals surface area contributed by atoms with Gasteiger partial charge >= 0.3 is 6.03 Å². The molecule has 0 spiro atoms. The quantitative estimate of drug-likeness (QED) is 0.739. The molecule has 7 heteroatoms. The van der Waals surface area contributed by atoms with E-state index in [0.717, 1.165) is 68.5 Å². The Hall–Kier alpha value is -1.89. The van der Waals surface area contributed by atoms with Crippen molar-refractivity contribution in [2.45, 2.75) is 65.2 Å². The summed E-state index contributed by atoms with van der Waals surface area (Å²) in [4.78, 5) is 29.4. The van der Waals surface area contributed by atoms with Crippen molar-refractivity contribution < 1.29 is 4.79 Å². The van der Waals surface area contributed by atoms with Crippen molar-refractivity contribution in [1.29, 1.82) is 0 Å². The number of hydrogen-bond acceptors (Lipinski definition) is 5. The number of urea groups is 1. The number of unbranched alkanes of at least 4 members (excludes halogenated alkanes) is 1. The van der Waals surface area contributed by atoms with Crippen LogP contribution in [0.15, 0.2) is 0 Å². The van der Waals surface area contributed by atoms with E-state index in [1.54, 1.807) is 0 Å². The molecule has 29 heavy (non-hydrogen) atoms. The Labute approximate surface area is 177 Å². The largest absolute Gasteiger partial charge is 0.352 e. The molecule has 0 bridgehead atoms. The first kappa shape index (κ1) is 20.4. The van der Waals surface area contributed by atoms with Gasteiger partial charge < -0.3 is 15.1 Å². The molecule has 1 aliphatic heterocycles. The molecule has 0 unspecified atom stereocenters. The smallest absolute Gasteiger partial charge is 0.317 e. The van der Waals surface area contributed by atoms with E-state index in [-0.39, 0.29) is 6.03 Å². The molecule has 6 nitrogen and oxygen atoms in total. The number of fused-ring (bicyclic) bond motifs is 3. The van der Waals surface area contributed by atoms with Crippen LogP contribution in [0.3, 0.4) is 0 Å². The lowest BCUT2D eigenvalue weighted by molar-refractivity contribution is 0.194. The van der Waals surface area contributed by atoms with Gasteiger partial charge in [-0.1, -0.05) is 27.2 Å². The lowest BCUT2D eigenvalue weighted by Gasteiger charge is -2.36. The Kier molecular flexibility index (Phi) is 6.23. The van der Waals surface area contributed by atoms with Gasteiger partial charge in [-0.3, -0.25) is 0 Å². The Morgan fingerprint density at radius 1 is 1.14 bits per heavy atom. The molecule has 1 saturated heterocycles. The third-order valence-corrected chi connectivity index (χ3v) is 7.19. The molecule has 2 aromatic rings. The highest BCUT2D eigenvalue weighted by molar-refractivity contribution is 7.19. The van der Waals surface area contributed by atoms with Gasteiger partial charge in [0.1, 0.15) is 16.5 Å². The van der Waals surface area contributed by atoms with Crippen LogP contribution in [0.5, 0.6) is 0 Å². The number of nitrogens with one attached hydrogen (secondary N) is 1. The van der Waals surface area contributed by atoms with Crippen LogP contribution in [0, 0.1) is 0 Å². The topological polar surface area (TPSA) is 61.4 Å². The number of aryl methyl sites for hydroxylation is 2. The molecule has 4 rings (SSSR count). The molecule has 0 radical (unpaired) electrons. The summed E-state index contributed by atoms with van der Waals surface area (Å²) in [5, 5.41) is 4.33. The molecular weight excluding hydrogens is 382 g/mol. The predicted octanol–water partition coefficient (Wildman–Crippen LogP) is 4.33. The van der Waals surface area contributed by atoms with Crippen LogP contribution in [-0.4, -0.2) is 53.6 Å². The fourth-order valence-corrected chi connectivity index (χ4v) is 5.51. The van der Waals surface area contributed by atoms with E-state index in [1.165, 1.54) is 35.1 Å². The van der Waals surface area contributed by atoms with Gasteiger partial charge in [-0.2, -0.15) is 0 Å². The molecule has 2 amide bonds. The van der Waals surface area contributed by atoms with Crippen molar-refractivity contribution in [3.63, 3.8) is 0 Å². The Bertz CT molecular complexity index is 870. The Balaban J connectivity index is 1.57. The summed E-state index contributed by atoms with van der Waals surface area (Å²) in [6.07, 6.45) is 7.00. The summed E-state index contributed by atoms with van der Waals surface area (Å²) in [6.45, 7) is 10.4. The minimum Gasteiger partial charge on any atom is -0.352 e. The standard InChI is InChI=1S/C22H33N5OS/c1-4-5-10-23-22(28)27-13-11-26(12-14-27)20-18-16-8-6-7-9-17(16)29-21(18)25-19(24-20)15(2)3/h15H,4-14H2,1-3H3,(H,23,28). The molecule has 1 aliphatic carbocycles. The normalized spacial score (nSPS) is 17.1. The minimum absolute atomic E-state index is 0.0710. The number of rotatable bonds is 5. The van der Waals surface area contributed by atoms with E-state index in [0.29, 0.717) is 5.92 Å². The lowest BCUT2D eigenvalue weighted by Crippen LogP contribution is -2.52. The molecule has 1 fully saturated rings. The summed E-state index contributed by atoms with van der Waals surface area (Å²) >= 11 is 1.87. The summed E-state index contributed by atoms with van der Waals surface area (Å²) in [5.41, 5.74) is 1.49. The van der Waals surface area contributed by atoms with E-state index in [1.807, 2.05) is 16.2 Å². The summed E-state index contributed by atoms with van der Waals surface area (Å²) in [5.74, 6) is 2.35. The number of piperazine rings is 1. The highest BCUT2D eigenvalue weighted by Crippen LogP contribution is 2.40. The van der Waals surface area contributed by atoms with Gasteiger partial charge in [-0.15, -0.1) is 11.3 Å². The fraction of sp³-hybridized carbons (Fsp3) is 0.682. The third-order valence-electron chi connectivity index (χ3n) is 6.00. The van der Waals surface area contributed by atoms with Crippen molar-refractivity contribution >= 4 is 33.4 Å². The van der Waals surface area contributed by atoms with Gasteiger partial charge in [0.25, 0.3) is 0 Å². The van der Waals surface area contributed by atoms with Crippen LogP contribution in [0.1, 0.15) is 68.6 Å². The summed E-state index contributed by atoms with van der Waals surface area (Å²) in [7, 11) is 0. The zero-order chi connectivity index (χ0) is 20.4. The maximum Gasteiger partial charge on any atom is 0.317 e. The lowest BCUT2D eigenvalue weighted by atomic mass is 9.96. The van der Waals surface area contributed by atoms with Crippen LogP contribution in [0.4, 0.5) is 10.6 Å². The highest BCUT2D eigenvalue weighted by atomic mass is 32.1. The van der Waals surface area contributed by atoms with E-state index in [9.17, 15) is 4.79 Å². The zero-order valence-electron chi connectivity index (χ0n) is 18.0. The second-order valence-corrected chi connectivity index (χ2v) is 9.59. The van der Waals surface area contributed by atoms with E-state index in [4.69, 9.17) is 9.97 Å². The van der Waals surface area contributed by atoms with Crippen LogP contribution >= 0.6 is 11.3 Å². The number of anilines is 1. The van der Waals surface area contributed by atoms with Crippen LogP contribution < -0.4 is 10.2 Å². The van der Waals surface area contributed by atoms with Crippen molar-refractivity contribution in [3.05, 3.63) is 16.3 Å². The van der Waals surface area contributed by atoms with Crippen LogP contribution in [-0.2, 0) is 12.8 Å². The maximum atomic E-state index is 12.4. The van der Waals surface area contributed by atoms with Gasteiger partial charge in [0, 0.05) is 43.5 Å². The fourth-order valence-electron chi connectivity index (χ4n) is 4.25. The van der Waals surface area contributed by atoms with Crippen molar-refractivity contribution in [2.24, 2.45) is 0 Å². The third kappa shape index (κ3) is 4.20. The molecular formula is C22H33N5OS. The summed E-state index contributed by atoms with van der Waals surface area (Å²) in [6, 6.07) is 0.0710. The van der Waals surface area contributed by atoms with Crippen molar-refractivity contribution in [3.8, 4) is 0 Å². The molecule has 158 valence electrons. The van der Waals surface area contributed by atoms with E-state index >= 15 is 0 Å². The SMILES string of the molecule is CCCCNC(=O)N1CCN(c2nc(C(C)C)nc3sc4c(c23)CCCC4)CC1. The molecule has 1 N–H and O–H groups in total. The molecule has 0 saturated carbocycles. The summed E-state index contributed by atoms with van der Waals surface area (Å²) < 4.78 is 0. The molecule has 0 aromatic carbocycles.